The molecule has 2 fully saturated rings. The number of pyridine rings is 1. The zero-order valence-corrected chi connectivity index (χ0v) is 13.1. The molecule has 116 valence electrons. The van der Waals surface area contributed by atoms with Crippen LogP contribution in [0.2, 0.25) is 0 Å². The van der Waals surface area contributed by atoms with Crippen LogP contribution < -0.4 is 10.2 Å². The molecule has 2 aliphatic rings. The first-order valence-corrected chi connectivity index (χ1v) is 8.29. The first kappa shape index (κ1) is 14.8. The molecule has 3 rings (SSSR count). The summed E-state index contributed by atoms with van der Waals surface area (Å²) in [7, 11) is 0. The highest BCUT2D eigenvalue weighted by Gasteiger charge is 2.36. The molecule has 2 heterocycles. The van der Waals surface area contributed by atoms with Crippen LogP contribution in [0.4, 0.5) is 10.2 Å². The molecule has 1 aliphatic heterocycles. The Hall–Kier alpha value is -1.16. The van der Waals surface area contributed by atoms with Crippen LogP contribution in [-0.4, -0.2) is 23.6 Å². The summed E-state index contributed by atoms with van der Waals surface area (Å²) in [4.78, 5) is 6.91. The van der Waals surface area contributed by atoms with E-state index in [1.54, 1.807) is 6.07 Å². The summed E-state index contributed by atoms with van der Waals surface area (Å²) < 4.78 is 13.6. The van der Waals surface area contributed by atoms with Crippen molar-refractivity contribution in [3.8, 4) is 0 Å². The van der Waals surface area contributed by atoms with Crippen molar-refractivity contribution in [1.29, 1.82) is 0 Å². The van der Waals surface area contributed by atoms with Gasteiger partial charge in [0.2, 0.25) is 0 Å². The molecule has 4 heteroatoms. The van der Waals surface area contributed by atoms with E-state index in [4.69, 9.17) is 0 Å². The lowest BCUT2D eigenvalue weighted by Gasteiger charge is -2.39. The zero-order chi connectivity index (χ0) is 14.8. The molecule has 0 amide bonds. The van der Waals surface area contributed by atoms with E-state index in [-0.39, 0.29) is 5.82 Å². The SMILES string of the molecule is CC(C)NCc1cc(F)cnc1N1CCCC2CCCC21. The van der Waals surface area contributed by atoms with Crippen LogP contribution in [0.1, 0.15) is 51.5 Å². The fourth-order valence-corrected chi connectivity index (χ4v) is 3.89. The molecular formula is C17H26FN3. The molecule has 1 aliphatic carbocycles. The molecule has 1 saturated carbocycles. The summed E-state index contributed by atoms with van der Waals surface area (Å²) in [6, 6.07) is 2.66. The second-order valence-corrected chi connectivity index (χ2v) is 6.77. The van der Waals surface area contributed by atoms with Gasteiger partial charge in [-0.2, -0.15) is 0 Å². The topological polar surface area (TPSA) is 28.2 Å². The van der Waals surface area contributed by atoms with Gasteiger partial charge in [0, 0.05) is 30.7 Å². The smallest absolute Gasteiger partial charge is 0.141 e. The Bertz CT molecular complexity index is 489. The molecule has 1 N–H and O–H groups in total. The summed E-state index contributed by atoms with van der Waals surface area (Å²) in [5, 5.41) is 3.39. The van der Waals surface area contributed by atoms with E-state index in [1.807, 2.05) is 0 Å². The Morgan fingerprint density at radius 2 is 2.14 bits per heavy atom. The molecular weight excluding hydrogens is 265 g/mol. The maximum atomic E-state index is 13.6. The number of nitrogens with zero attached hydrogens (tertiary/aromatic N) is 2. The number of rotatable bonds is 4. The summed E-state index contributed by atoms with van der Waals surface area (Å²) >= 11 is 0. The van der Waals surface area contributed by atoms with Gasteiger partial charge in [-0.3, -0.25) is 0 Å². The van der Waals surface area contributed by atoms with Crippen molar-refractivity contribution < 1.29 is 4.39 Å². The second kappa shape index (κ2) is 6.30. The number of halogens is 1. The van der Waals surface area contributed by atoms with Crippen molar-refractivity contribution in [2.45, 2.75) is 64.6 Å². The maximum Gasteiger partial charge on any atom is 0.141 e. The van der Waals surface area contributed by atoms with Crippen molar-refractivity contribution in [3.63, 3.8) is 0 Å². The van der Waals surface area contributed by atoms with Crippen LogP contribution in [0.3, 0.4) is 0 Å². The van der Waals surface area contributed by atoms with Crippen LogP contribution in [0.25, 0.3) is 0 Å². The van der Waals surface area contributed by atoms with Gasteiger partial charge < -0.3 is 10.2 Å². The first-order valence-electron chi connectivity index (χ1n) is 8.29. The highest BCUT2D eigenvalue weighted by atomic mass is 19.1. The van der Waals surface area contributed by atoms with Gasteiger partial charge in [0.15, 0.2) is 0 Å². The number of fused-ring (bicyclic) bond motifs is 1. The van der Waals surface area contributed by atoms with E-state index >= 15 is 0 Å². The van der Waals surface area contributed by atoms with Crippen molar-refractivity contribution in [2.75, 3.05) is 11.4 Å². The molecule has 0 radical (unpaired) electrons. The molecule has 2 unspecified atom stereocenters. The molecule has 2 atom stereocenters. The predicted octanol–water partition coefficient (Wildman–Crippen LogP) is 3.49. The third-order valence-electron chi connectivity index (χ3n) is 4.88. The van der Waals surface area contributed by atoms with Gasteiger partial charge in [0.1, 0.15) is 11.6 Å². The van der Waals surface area contributed by atoms with Crippen molar-refractivity contribution in [2.24, 2.45) is 5.92 Å². The molecule has 21 heavy (non-hydrogen) atoms. The highest BCUT2D eigenvalue weighted by molar-refractivity contribution is 5.49. The van der Waals surface area contributed by atoms with E-state index in [9.17, 15) is 4.39 Å². The highest BCUT2D eigenvalue weighted by Crippen LogP contribution is 2.39. The molecule has 1 aromatic heterocycles. The van der Waals surface area contributed by atoms with Gasteiger partial charge in [-0.1, -0.05) is 20.3 Å². The van der Waals surface area contributed by atoms with Crippen LogP contribution in [0, 0.1) is 11.7 Å². The number of aromatic nitrogens is 1. The van der Waals surface area contributed by atoms with Gasteiger partial charge in [-0.05, 0) is 37.7 Å². The summed E-state index contributed by atoms with van der Waals surface area (Å²) in [5.41, 5.74) is 0.997. The van der Waals surface area contributed by atoms with Crippen LogP contribution >= 0.6 is 0 Å². The fourth-order valence-electron chi connectivity index (χ4n) is 3.89. The molecule has 0 bridgehead atoms. The van der Waals surface area contributed by atoms with Gasteiger partial charge in [-0.15, -0.1) is 0 Å². The van der Waals surface area contributed by atoms with Crippen LogP contribution in [0.15, 0.2) is 12.3 Å². The summed E-state index contributed by atoms with van der Waals surface area (Å²) in [5.74, 6) is 1.58. The summed E-state index contributed by atoms with van der Waals surface area (Å²) in [6.45, 7) is 5.97. The minimum atomic E-state index is -0.237. The van der Waals surface area contributed by atoms with Gasteiger partial charge in [0.05, 0.1) is 6.20 Å². The quantitative estimate of drug-likeness (QED) is 0.920. The second-order valence-electron chi connectivity index (χ2n) is 6.77. The molecule has 1 aromatic rings. The largest absolute Gasteiger partial charge is 0.353 e. The Labute approximate surface area is 126 Å². The van der Waals surface area contributed by atoms with E-state index in [1.165, 1.54) is 38.3 Å². The number of piperidine rings is 1. The number of anilines is 1. The normalized spacial score (nSPS) is 25.4. The van der Waals surface area contributed by atoms with Crippen molar-refractivity contribution in [3.05, 3.63) is 23.6 Å². The van der Waals surface area contributed by atoms with Crippen LogP contribution in [0.5, 0.6) is 0 Å². The predicted molar refractivity (Wildman–Crippen MR) is 83.9 cm³/mol. The average Bonchev–Trinajstić information content (AvgIpc) is 2.93. The number of hydrogen-bond acceptors (Lipinski definition) is 3. The minimum absolute atomic E-state index is 0.237. The molecule has 3 nitrogen and oxygen atoms in total. The first-order chi connectivity index (χ1) is 10.1. The minimum Gasteiger partial charge on any atom is -0.353 e. The lowest BCUT2D eigenvalue weighted by atomic mass is 9.91. The number of hydrogen-bond donors (Lipinski definition) is 1. The number of nitrogens with one attached hydrogen (secondary N) is 1. The monoisotopic (exact) mass is 291 g/mol. The maximum absolute atomic E-state index is 13.6. The Kier molecular flexibility index (Phi) is 4.43. The van der Waals surface area contributed by atoms with Gasteiger partial charge >= 0.3 is 0 Å². The third-order valence-corrected chi connectivity index (χ3v) is 4.88. The van der Waals surface area contributed by atoms with E-state index in [2.05, 4.69) is 29.0 Å². The fraction of sp³-hybridized carbons (Fsp3) is 0.706. The third kappa shape index (κ3) is 3.20. The van der Waals surface area contributed by atoms with E-state index in [0.717, 1.165) is 23.8 Å². The lowest BCUT2D eigenvalue weighted by molar-refractivity contribution is 0.359. The average molecular weight is 291 g/mol. The van der Waals surface area contributed by atoms with Crippen molar-refractivity contribution >= 4 is 5.82 Å². The summed E-state index contributed by atoms with van der Waals surface area (Å²) in [6.07, 6.45) is 7.89. The Morgan fingerprint density at radius 3 is 2.95 bits per heavy atom. The van der Waals surface area contributed by atoms with Crippen LogP contribution in [-0.2, 0) is 6.54 Å². The van der Waals surface area contributed by atoms with E-state index < -0.39 is 0 Å². The van der Waals surface area contributed by atoms with Crippen molar-refractivity contribution in [1.82, 2.24) is 10.3 Å². The lowest BCUT2D eigenvalue weighted by Crippen LogP contribution is -2.43. The van der Waals surface area contributed by atoms with E-state index in [0.29, 0.717) is 18.6 Å². The standard InChI is InChI=1S/C17H26FN3/c1-12(2)19-10-14-9-15(18)11-20-17(14)21-8-4-6-13-5-3-7-16(13)21/h9,11-13,16,19H,3-8,10H2,1-2H3. The molecule has 0 spiro atoms. The molecule has 1 saturated heterocycles. The van der Waals surface area contributed by atoms with Gasteiger partial charge in [0.25, 0.3) is 0 Å². The molecule has 0 aromatic carbocycles. The Morgan fingerprint density at radius 1 is 1.33 bits per heavy atom. The zero-order valence-electron chi connectivity index (χ0n) is 13.1. The van der Waals surface area contributed by atoms with Gasteiger partial charge in [-0.25, -0.2) is 9.37 Å². The Balaban J connectivity index is 1.86.